The molecule has 0 radical (unpaired) electrons. The predicted octanol–water partition coefficient (Wildman–Crippen LogP) is 2.21. The van der Waals surface area contributed by atoms with Gasteiger partial charge >= 0.3 is 5.97 Å². The summed E-state index contributed by atoms with van der Waals surface area (Å²) in [7, 11) is 0. The summed E-state index contributed by atoms with van der Waals surface area (Å²) in [5.41, 5.74) is 1.72. The largest absolute Gasteiger partial charge is 0.466 e. The number of fused-ring (bicyclic) bond motifs is 1. The second-order valence-electron chi connectivity index (χ2n) is 6.61. The summed E-state index contributed by atoms with van der Waals surface area (Å²) in [5.74, 6) is -0.0211. The fourth-order valence-corrected chi connectivity index (χ4v) is 3.14. The van der Waals surface area contributed by atoms with E-state index in [-0.39, 0.29) is 24.8 Å². The molecule has 2 amide bonds. The van der Waals surface area contributed by atoms with Crippen molar-refractivity contribution in [2.75, 3.05) is 6.54 Å². The van der Waals surface area contributed by atoms with Gasteiger partial charge in [-0.2, -0.15) is 0 Å². The summed E-state index contributed by atoms with van der Waals surface area (Å²) in [4.78, 5) is 37.7. The highest BCUT2D eigenvalue weighted by Gasteiger charge is 2.32. The molecule has 9 nitrogen and oxygen atoms in total. The Balaban J connectivity index is 1.38. The number of benzene rings is 1. The summed E-state index contributed by atoms with van der Waals surface area (Å²) in [6.07, 6.45) is 0.0612. The van der Waals surface area contributed by atoms with Crippen LogP contribution in [0, 0.1) is 13.8 Å². The molecule has 0 fully saturated rings. The number of rotatable bonds is 5. The fraction of sp³-hybridized carbons (Fsp3) is 0.250. The van der Waals surface area contributed by atoms with Crippen molar-refractivity contribution in [1.82, 2.24) is 15.1 Å². The molecule has 3 aromatic rings. The molecule has 4 rings (SSSR count). The molecule has 2 aromatic heterocycles. The highest BCUT2D eigenvalue weighted by Crippen LogP contribution is 2.25. The molecule has 3 heterocycles. The van der Waals surface area contributed by atoms with E-state index in [9.17, 15) is 14.4 Å². The Bertz CT molecular complexity index is 1110. The predicted molar refractivity (Wildman–Crippen MR) is 97.5 cm³/mol. The van der Waals surface area contributed by atoms with Crippen molar-refractivity contribution >= 4 is 17.8 Å². The van der Waals surface area contributed by atoms with Crippen molar-refractivity contribution < 1.29 is 28.0 Å². The normalized spacial score (nSPS) is 13.5. The molecule has 1 aliphatic heterocycles. The Labute approximate surface area is 165 Å². The standard InChI is InChI=1S/C20H17N3O6/c1-11-7-15(12(2)28-11)19-22-21-16(29-19)10-27-18(25)9-23-17(24)8-13-5-3-4-6-14(13)20(23)26/h3-7H,8-10H2,1-2H3. The molecular weight excluding hydrogens is 378 g/mol. The van der Waals surface area contributed by atoms with Crippen LogP contribution in [0.25, 0.3) is 11.5 Å². The first-order valence-electron chi connectivity index (χ1n) is 8.90. The first-order valence-corrected chi connectivity index (χ1v) is 8.90. The van der Waals surface area contributed by atoms with Crippen LogP contribution in [-0.2, 0) is 27.4 Å². The smallest absolute Gasteiger partial charge is 0.326 e. The average Bonchev–Trinajstić information content (AvgIpc) is 3.29. The van der Waals surface area contributed by atoms with E-state index in [0.717, 1.165) is 4.90 Å². The molecule has 148 valence electrons. The topological polar surface area (TPSA) is 116 Å². The molecule has 1 aliphatic rings. The zero-order chi connectivity index (χ0) is 20.5. The van der Waals surface area contributed by atoms with E-state index in [1.54, 1.807) is 44.2 Å². The van der Waals surface area contributed by atoms with Gasteiger partial charge in [0.05, 0.1) is 12.0 Å². The van der Waals surface area contributed by atoms with Gasteiger partial charge in [0.25, 0.3) is 17.7 Å². The SMILES string of the molecule is Cc1cc(-c2nnc(COC(=O)CN3C(=O)Cc4ccccc4C3=O)o2)c(C)o1. The number of nitrogens with zero attached hydrogens (tertiary/aromatic N) is 3. The van der Waals surface area contributed by atoms with Crippen molar-refractivity contribution in [3.63, 3.8) is 0 Å². The number of esters is 1. The van der Waals surface area contributed by atoms with E-state index < -0.39 is 24.3 Å². The fourth-order valence-electron chi connectivity index (χ4n) is 3.14. The second kappa shape index (κ2) is 7.34. The van der Waals surface area contributed by atoms with Gasteiger partial charge in [-0.3, -0.25) is 19.3 Å². The molecule has 9 heteroatoms. The summed E-state index contributed by atoms with van der Waals surface area (Å²) in [6, 6.07) is 8.58. The highest BCUT2D eigenvalue weighted by atomic mass is 16.5. The van der Waals surface area contributed by atoms with Crippen LogP contribution in [-0.4, -0.2) is 39.4 Å². The molecule has 29 heavy (non-hydrogen) atoms. The quantitative estimate of drug-likeness (QED) is 0.477. The summed E-state index contributed by atoms with van der Waals surface area (Å²) < 4.78 is 16.0. The van der Waals surface area contributed by atoms with Gasteiger partial charge < -0.3 is 13.6 Å². The van der Waals surface area contributed by atoms with Crippen molar-refractivity contribution in [2.24, 2.45) is 0 Å². The van der Waals surface area contributed by atoms with Crippen molar-refractivity contribution in [2.45, 2.75) is 26.9 Å². The van der Waals surface area contributed by atoms with Crippen molar-refractivity contribution in [1.29, 1.82) is 0 Å². The lowest BCUT2D eigenvalue weighted by molar-refractivity contribution is -0.149. The van der Waals surface area contributed by atoms with Crippen molar-refractivity contribution in [3.05, 3.63) is 58.9 Å². The number of furan rings is 1. The summed E-state index contributed by atoms with van der Waals surface area (Å²) >= 11 is 0. The van der Waals surface area contributed by atoms with Gasteiger partial charge in [0.2, 0.25) is 5.91 Å². The van der Waals surface area contributed by atoms with Crippen LogP contribution >= 0.6 is 0 Å². The van der Waals surface area contributed by atoms with Crippen LogP contribution in [0.3, 0.4) is 0 Å². The molecular formula is C20H17N3O6. The lowest BCUT2D eigenvalue weighted by Gasteiger charge is -2.25. The molecule has 0 saturated carbocycles. The molecule has 0 N–H and O–H groups in total. The Morgan fingerprint density at radius 2 is 1.93 bits per heavy atom. The van der Waals surface area contributed by atoms with E-state index >= 15 is 0 Å². The monoisotopic (exact) mass is 395 g/mol. The van der Waals surface area contributed by atoms with Crippen LogP contribution in [0.4, 0.5) is 0 Å². The molecule has 0 spiro atoms. The Kier molecular flexibility index (Phi) is 4.71. The summed E-state index contributed by atoms with van der Waals surface area (Å²) in [5, 5.41) is 7.76. The van der Waals surface area contributed by atoms with Gasteiger partial charge in [0.1, 0.15) is 18.1 Å². The molecule has 0 unspecified atom stereocenters. The first-order chi connectivity index (χ1) is 13.9. The van der Waals surface area contributed by atoms with Gasteiger partial charge in [-0.05, 0) is 31.5 Å². The van der Waals surface area contributed by atoms with E-state index in [1.807, 2.05) is 0 Å². The minimum absolute atomic E-state index is 0.0612. The molecule has 1 aromatic carbocycles. The number of aromatic nitrogens is 2. The van der Waals surface area contributed by atoms with Gasteiger partial charge in [-0.25, -0.2) is 0 Å². The maximum absolute atomic E-state index is 12.5. The Morgan fingerprint density at radius 3 is 2.69 bits per heavy atom. The van der Waals surface area contributed by atoms with Crippen LogP contribution in [0.2, 0.25) is 0 Å². The minimum atomic E-state index is -0.749. The average molecular weight is 395 g/mol. The Hall–Kier alpha value is -3.75. The van der Waals surface area contributed by atoms with Crippen molar-refractivity contribution in [3.8, 4) is 11.5 Å². The molecule has 0 aliphatic carbocycles. The first kappa shape index (κ1) is 18.6. The maximum Gasteiger partial charge on any atom is 0.326 e. The van der Waals surface area contributed by atoms with Gasteiger partial charge in [0.15, 0.2) is 6.61 Å². The third-order valence-corrected chi connectivity index (χ3v) is 4.52. The number of aryl methyl sites for hydroxylation is 2. The third-order valence-electron chi connectivity index (χ3n) is 4.52. The molecule has 0 saturated heterocycles. The maximum atomic E-state index is 12.5. The van der Waals surface area contributed by atoms with Crippen LogP contribution in [0.1, 0.15) is 33.3 Å². The zero-order valence-corrected chi connectivity index (χ0v) is 15.8. The van der Waals surface area contributed by atoms with Crippen LogP contribution in [0.15, 0.2) is 39.2 Å². The van der Waals surface area contributed by atoms with E-state index in [0.29, 0.717) is 28.2 Å². The third kappa shape index (κ3) is 3.66. The van der Waals surface area contributed by atoms with E-state index in [1.165, 1.54) is 0 Å². The Morgan fingerprint density at radius 1 is 1.14 bits per heavy atom. The summed E-state index contributed by atoms with van der Waals surface area (Å²) in [6.45, 7) is 2.83. The van der Waals surface area contributed by atoms with Gasteiger partial charge in [-0.15, -0.1) is 10.2 Å². The second-order valence-corrected chi connectivity index (χ2v) is 6.61. The lowest BCUT2D eigenvalue weighted by atomic mass is 9.98. The van der Waals surface area contributed by atoms with Gasteiger partial charge in [-0.1, -0.05) is 18.2 Å². The lowest BCUT2D eigenvalue weighted by Crippen LogP contribution is -2.45. The van der Waals surface area contributed by atoms with E-state index in [2.05, 4.69) is 10.2 Å². The number of carbonyl (C=O) groups excluding carboxylic acids is 3. The number of hydrogen-bond acceptors (Lipinski definition) is 8. The zero-order valence-electron chi connectivity index (χ0n) is 15.8. The minimum Gasteiger partial charge on any atom is -0.466 e. The van der Waals surface area contributed by atoms with E-state index in [4.69, 9.17) is 13.6 Å². The number of imide groups is 1. The number of hydrogen-bond donors (Lipinski definition) is 0. The molecule has 0 bridgehead atoms. The number of carbonyl (C=O) groups is 3. The highest BCUT2D eigenvalue weighted by molar-refractivity contribution is 6.11. The number of amides is 2. The van der Waals surface area contributed by atoms with Crippen LogP contribution < -0.4 is 0 Å². The van der Waals surface area contributed by atoms with Gasteiger partial charge in [0, 0.05) is 5.56 Å². The molecule has 0 atom stereocenters. The van der Waals surface area contributed by atoms with Crippen LogP contribution in [0.5, 0.6) is 0 Å². The number of ether oxygens (including phenoxy) is 1.